The Kier molecular flexibility index (Phi) is 8.25. The van der Waals surface area contributed by atoms with Crippen LogP contribution in [-0.2, 0) is 16.0 Å². The average Bonchev–Trinajstić information content (AvgIpc) is 2.89. The number of benzene rings is 4. The predicted molar refractivity (Wildman–Crippen MR) is 135 cm³/mol. The molecule has 4 nitrogen and oxygen atoms in total. The Bertz CT molecular complexity index is 1390. The van der Waals surface area contributed by atoms with Crippen molar-refractivity contribution >= 4 is 35.0 Å². The Morgan fingerprint density at radius 2 is 1.35 bits per heavy atom. The molecular weight excluding hydrogens is 504 g/mol. The molecular formula is C28H20F4N2O2S. The van der Waals surface area contributed by atoms with Crippen molar-refractivity contribution in [3.63, 3.8) is 0 Å². The van der Waals surface area contributed by atoms with Crippen molar-refractivity contribution in [2.75, 3.05) is 10.6 Å². The van der Waals surface area contributed by atoms with E-state index >= 15 is 0 Å². The number of amides is 2. The van der Waals surface area contributed by atoms with E-state index in [1.54, 1.807) is 54.6 Å². The first-order valence-electron chi connectivity index (χ1n) is 11.1. The van der Waals surface area contributed by atoms with E-state index in [1.165, 1.54) is 0 Å². The molecule has 2 N–H and O–H groups in total. The monoisotopic (exact) mass is 524 g/mol. The van der Waals surface area contributed by atoms with Crippen LogP contribution in [0.1, 0.15) is 16.4 Å². The van der Waals surface area contributed by atoms with E-state index in [4.69, 9.17) is 0 Å². The molecule has 0 spiro atoms. The van der Waals surface area contributed by atoms with E-state index in [9.17, 15) is 27.2 Å². The molecule has 1 atom stereocenters. The molecule has 0 saturated heterocycles. The SMILES string of the molecule is O=C(Cc1ccccc1)Nc1cccc(SC(C(=O)Nc2c(F)c(F)cc(F)c2F)c2ccccc2)c1. The maximum Gasteiger partial charge on any atom is 0.242 e. The summed E-state index contributed by atoms with van der Waals surface area (Å²) in [5.41, 5.74) is 0.620. The molecule has 0 heterocycles. The summed E-state index contributed by atoms with van der Waals surface area (Å²) < 4.78 is 55.7. The number of carbonyl (C=O) groups excluding carboxylic acids is 2. The van der Waals surface area contributed by atoms with Gasteiger partial charge >= 0.3 is 0 Å². The summed E-state index contributed by atoms with van der Waals surface area (Å²) in [6.07, 6.45) is 0.175. The van der Waals surface area contributed by atoms with Gasteiger partial charge < -0.3 is 10.6 Å². The van der Waals surface area contributed by atoms with Crippen LogP contribution in [0, 0.1) is 23.3 Å². The normalized spacial score (nSPS) is 11.6. The fourth-order valence-corrected chi connectivity index (χ4v) is 4.63. The molecule has 0 aliphatic carbocycles. The highest BCUT2D eigenvalue weighted by Gasteiger charge is 2.27. The molecule has 0 aliphatic heterocycles. The van der Waals surface area contributed by atoms with Gasteiger partial charge in [0, 0.05) is 16.6 Å². The van der Waals surface area contributed by atoms with E-state index < -0.39 is 40.1 Å². The Hall–Kier alpha value is -4.11. The summed E-state index contributed by atoms with van der Waals surface area (Å²) in [6.45, 7) is 0. The Balaban J connectivity index is 1.55. The standard InChI is InChI=1S/C28H20F4N2O2S/c29-21-16-22(30)25(32)26(24(21)31)34-28(36)27(18-10-5-2-6-11-18)37-20-13-7-12-19(15-20)33-23(35)14-17-8-3-1-4-9-17/h1-13,15-16,27H,14H2,(H,33,35)(H,34,36). The maximum atomic E-state index is 14.2. The van der Waals surface area contributed by atoms with Gasteiger partial charge in [-0.3, -0.25) is 9.59 Å². The number of hydrogen-bond acceptors (Lipinski definition) is 3. The number of hydrogen-bond donors (Lipinski definition) is 2. The largest absolute Gasteiger partial charge is 0.326 e. The Labute approximate surface area is 214 Å². The van der Waals surface area contributed by atoms with Crippen LogP contribution in [0.4, 0.5) is 28.9 Å². The molecule has 0 saturated carbocycles. The van der Waals surface area contributed by atoms with Crippen LogP contribution in [0.2, 0.25) is 0 Å². The quantitative estimate of drug-likeness (QED) is 0.150. The fraction of sp³-hybridized carbons (Fsp3) is 0.0714. The van der Waals surface area contributed by atoms with Crippen molar-refractivity contribution in [1.29, 1.82) is 0 Å². The van der Waals surface area contributed by atoms with Crippen LogP contribution in [0.5, 0.6) is 0 Å². The highest BCUT2D eigenvalue weighted by Crippen LogP contribution is 2.38. The van der Waals surface area contributed by atoms with E-state index in [-0.39, 0.29) is 18.4 Å². The van der Waals surface area contributed by atoms with Gasteiger partial charge in [-0.05, 0) is 29.3 Å². The third-order valence-corrected chi connectivity index (χ3v) is 6.53. The van der Waals surface area contributed by atoms with Crippen molar-refractivity contribution in [2.24, 2.45) is 0 Å². The van der Waals surface area contributed by atoms with Gasteiger partial charge in [-0.1, -0.05) is 66.7 Å². The number of anilines is 2. The smallest absolute Gasteiger partial charge is 0.242 e. The van der Waals surface area contributed by atoms with E-state index in [2.05, 4.69) is 5.32 Å². The molecule has 0 fully saturated rings. The van der Waals surface area contributed by atoms with Crippen LogP contribution in [0.25, 0.3) is 0 Å². The van der Waals surface area contributed by atoms with Crippen molar-refractivity contribution in [1.82, 2.24) is 0 Å². The van der Waals surface area contributed by atoms with Gasteiger partial charge in [0.05, 0.1) is 6.42 Å². The van der Waals surface area contributed by atoms with Crippen LogP contribution < -0.4 is 10.6 Å². The zero-order valence-corrected chi connectivity index (χ0v) is 20.0. The second kappa shape index (κ2) is 11.7. The number of thioether (sulfide) groups is 1. The molecule has 9 heteroatoms. The lowest BCUT2D eigenvalue weighted by Crippen LogP contribution is -2.21. The third-order valence-electron chi connectivity index (χ3n) is 5.28. The summed E-state index contributed by atoms with van der Waals surface area (Å²) in [5.74, 6) is -7.78. The van der Waals surface area contributed by atoms with Crippen LogP contribution in [-0.4, -0.2) is 11.8 Å². The van der Waals surface area contributed by atoms with Crippen LogP contribution in [0.15, 0.2) is 95.9 Å². The summed E-state index contributed by atoms with van der Waals surface area (Å²) in [7, 11) is 0. The maximum absolute atomic E-state index is 14.2. The first kappa shape index (κ1) is 26.0. The predicted octanol–water partition coefficient (Wildman–Crippen LogP) is 6.90. The molecule has 2 amide bonds. The van der Waals surface area contributed by atoms with Crippen molar-refractivity contribution in [3.8, 4) is 0 Å². The summed E-state index contributed by atoms with van der Waals surface area (Å²) in [4.78, 5) is 26.1. The lowest BCUT2D eigenvalue weighted by atomic mass is 10.1. The second-order valence-electron chi connectivity index (χ2n) is 7.98. The molecule has 4 aromatic rings. The lowest BCUT2D eigenvalue weighted by molar-refractivity contribution is -0.116. The molecule has 0 radical (unpaired) electrons. The van der Waals surface area contributed by atoms with Gasteiger partial charge in [0.2, 0.25) is 11.8 Å². The molecule has 188 valence electrons. The first-order chi connectivity index (χ1) is 17.8. The minimum Gasteiger partial charge on any atom is -0.326 e. The number of carbonyl (C=O) groups is 2. The molecule has 37 heavy (non-hydrogen) atoms. The lowest BCUT2D eigenvalue weighted by Gasteiger charge is -2.18. The minimum absolute atomic E-state index is 0.0708. The topological polar surface area (TPSA) is 58.2 Å². The van der Waals surface area contributed by atoms with Gasteiger partial charge in [0.25, 0.3) is 0 Å². The minimum atomic E-state index is -1.70. The molecule has 0 aromatic heterocycles. The highest BCUT2D eigenvalue weighted by molar-refractivity contribution is 8.00. The van der Waals surface area contributed by atoms with Crippen molar-refractivity contribution < 1.29 is 27.2 Å². The fourth-order valence-electron chi connectivity index (χ4n) is 3.54. The van der Waals surface area contributed by atoms with Gasteiger partial charge in [-0.15, -0.1) is 11.8 Å². The highest BCUT2D eigenvalue weighted by atomic mass is 32.2. The average molecular weight is 525 g/mol. The van der Waals surface area contributed by atoms with Gasteiger partial charge in [0.1, 0.15) is 10.9 Å². The molecule has 0 bridgehead atoms. The summed E-state index contributed by atoms with van der Waals surface area (Å²) in [5, 5.41) is 3.76. The summed E-state index contributed by atoms with van der Waals surface area (Å²) in [6, 6.07) is 24.4. The first-order valence-corrected chi connectivity index (χ1v) is 12.0. The Morgan fingerprint density at radius 1 is 0.730 bits per heavy atom. The van der Waals surface area contributed by atoms with Crippen molar-refractivity contribution in [3.05, 3.63) is 125 Å². The van der Waals surface area contributed by atoms with Gasteiger partial charge in [-0.25, -0.2) is 17.6 Å². The third kappa shape index (κ3) is 6.56. The van der Waals surface area contributed by atoms with E-state index in [0.29, 0.717) is 16.1 Å². The zero-order chi connectivity index (χ0) is 26.4. The van der Waals surface area contributed by atoms with Crippen LogP contribution >= 0.6 is 11.8 Å². The van der Waals surface area contributed by atoms with Crippen LogP contribution in [0.3, 0.4) is 0 Å². The zero-order valence-electron chi connectivity index (χ0n) is 19.2. The van der Waals surface area contributed by atoms with Gasteiger partial charge in [0.15, 0.2) is 23.3 Å². The molecule has 0 aliphatic rings. The molecule has 4 aromatic carbocycles. The molecule has 4 rings (SSSR count). The Morgan fingerprint density at radius 3 is 2.00 bits per heavy atom. The number of rotatable bonds is 8. The summed E-state index contributed by atoms with van der Waals surface area (Å²) >= 11 is 1.04. The number of halogens is 4. The number of nitrogens with one attached hydrogen (secondary N) is 2. The van der Waals surface area contributed by atoms with Crippen molar-refractivity contribution in [2.45, 2.75) is 16.6 Å². The van der Waals surface area contributed by atoms with Gasteiger partial charge in [-0.2, -0.15) is 0 Å². The second-order valence-corrected chi connectivity index (χ2v) is 9.16. The van der Waals surface area contributed by atoms with E-state index in [0.717, 1.165) is 17.3 Å². The molecule has 1 unspecified atom stereocenters. The van der Waals surface area contributed by atoms with E-state index in [1.807, 2.05) is 35.6 Å².